The monoisotopic (exact) mass is 230 g/mol. The lowest BCUT2D eigenvalue weighted by molar-refractivity contribution is -0.143. The number of aliphatic carboxylic acids is 1. The lowest BCUT2D eigenvalue weighted by Crippen LogP contribution is -2.31. The van der Waals surface area contributed by atoms with Crippen molar-refractivity contribution in [2.24, 2.45) is 11.8 Å². The topological polar surface area (TPSA) is 54.4 Å². The van der Waals surface area contributed by atoms with E-state index in [-0.39, 0.29) is 5.78 Å². The molecule has 1 aliphatic carbocycles. The summed E-state index contributed by atoms with van der Waals surface area (Å²) in [5.41, 5.74) is 0.596. The molecule has 17 heavy (non-hydrogen) atoms. The van der Waals surface area contributed by atoms with Gasteiger partial charge in [-0.1, -0.05) is 42.5 Å². The second-order valence-corrected chi connectivity index (χ2v) is 4.22. The molecule has 0 bridgehead atoms. The van der Waals surface area contributed by atoms with Crippen LogP contribution >= 0.6 is 0 Å². The molecule has 2 rings (SSSR count). The molecule has 0 aromatic heterocycles. The fraction of sp³-hybridized carbons (Fsp3) is 0.286. The summed E-state index contributed by atoms with van der Waals surface area (Å²) in [6, 6.07) is 8.90. The van der Waals surface area contributed by atoms with Gasteiger partial charge in [-0.25, -0.2) is 0 Å². The minimum atomic E-state index is -0.886. The molecule has 0 heterocycles. The van der Waals surface area contributed by atoms with E-state index in [1.807, 2.05) is 18.2 Å². The number of allylic oxidation sites excluding steroid dienone is 2. The Morgan fingerprint density at radius 3 is 2.18 bits per heavy atom. The van der Waals surface area contributed by atoms with Gasteiger partial charge >= 0.3 is 5.97 Å². The number of ketones is 1. The van der Waals surface area contributed by atoms with E-state index in [4.69, 9.17) is 5.11 Å². The van der Waals surface area contributed by atoms with Gasteiger partial charge in [-0.3, -0.25) is 9.59 Å². The Hall–Kier alpha value is -1.90. The zero-order valence-corrected chi connectivity index (χ0v) is 9.37. The highest BCUT2D eigenvalue weighted by atomic mass is 16.4. The first-order chi connectivity index (χ1) is 8.20. The van der Waals surface area contributed by atoms with Crippen molar-refractivity contribution < 1.29 is 14.7 Å². The highest BCUT2D eigenvalue weighted by Gasteiger charge is 2.34. The normalized spacial score (nSPS) is 23.3. The van der Waals surface area contributed by atoms with Gasteiger partial charge in [-0.15, -0.1) is 0 Å². The number of Topliss-reactive ketones (excluding diaryl/α,β-unsaturated/α-hetero) is 1. The number of hydrogen-bond donors (Lipinski definition) is 1. The Morgan fingerprint density at radius 2 is 1.59 bits per heavy atom. The van der Waals surface area contributed by atoms with Crippen LogP contribution in [0.2, 0.25) is 0 Å². The third-order valence-electron chi connectivity index (χ3n) is 3.14. The van der Waals surface area contributed by atoms with E-state index in [1.165, 1.54) is 0 Å². The van der Waals surface area contributed by atoms with Gasteiger partial charge in [0.1, 0.15) is 0 Å². The van der Waals surface area contributed by atoms with Crippen LogP contribution in [0.4, 0.5) is 0 Å². The fourth-order valence-corrected chi connectivity index (χ4v) is 2.19. The third-order valence-corrected chi connectivity index (χ3v) is 3.14. The average molecular weight is 230 g/mol. The number of benzene rings is 1. The van der Waals surface area contributed by atoms with Crippen LogP contribution in [-0.4, -0.2) is 16.9 Å². The van der Waals surface area contributed by atoms with Crippen molar-refractivity contribution in [2.75, 3.05) is 0 Å². The van der Waals surface area contributed by atoms with Crippen LogP contribution in [0.25, 0.3) is 0 Å². The largest absolute Gasteiger partial charge is 0.481 e. The molecule has 1 aliphatic rings. The first-order valence-corrected chi connectivity index (χ1v) is 5.67. The summed E-state index contributed by atoms with van der Waals surface area (Å²) in [6.45, 7) is 0. The van der Waals surface area contributed by atoms with Gasteiger partial charge < -0.3 is 5.11 Å². The second-order valence-electron chi connectivity index (χ2n) is 4.22. The number of carboxylic acids is 1. The van der Waals surface area contributed by atoms with Crippen molar-refractivity contribution in [3.05, 3.63) is 48.0 Å². The van der Waals surface area contributed by atoms with Crippen LogP contribution in [0.5, 0.6) is 0 Å². The van der Waals surface area contributed by atoms with E-state index in [1.54, 1.807) is 24.3 Å². The molecule has 0 saturated carbocycles. The second kappa shape index (κ2) is 4.95. The van der Waals surface area contributed by atoms with Gasteiger partial charge in [0.15, 0.2) is 5.78 Å². The Morgan fingerprint density at radius 1 is 1.00 bits per heavy atom. The highest BCUT2D eigenvalue weighted by molar-refractivity contribution is 6.00. The van der Waals surface area contributed by atoms with Crippen molar-refractivity contribution in [1.82, 2.24) is 0 Å². The molecule has 3 heteroatoms. The standard InChI is InChI=1S/C14H14O3/c15-13(10-6-2-1-3-7-10)11-8-4-5-9-12(11)14(16)17/h1-7,11-12H,8-9H2,(H,16,17)/t11-,12-/m0/s1. The van der Waals surface area contributed by atoms with E-state index >= 15 is 0 Å². The number of rotatable bonds is 3. The molecule has 1 aromatic rings. The van der Waals surface area contributed by atoms with Crippen molar-refractivity contribution in [2.45, 2.75) is 12.8 Å². The number of hydrogen-bond acceptors (Lipinski definition) is 2. The Labute approximate surface area is 99.8 Å². The molecule has 2 atom stereocenters. The van der Waals surface area contributed by atoms with Crippen LogP contribution in [0.1, 0.15) is 23.2 Å². The molecule has 0 amide bonds. The molecular weight excluding hydrogens is 216 g/mol. The van der Waals surface area contributed by atoms with E-state index in [0.717, 1.165) is 0 Å². The molecule has 0 radical (unpaired) electrons. The van der Waals surface area contributed by atoms with Crippen molar-refractivity contribution in [3.63, 3.8) is 0 Å². The predicted molar refractivity (Wildman–Crippen MR) is 63.8 cm³/mol. The van der Waals surface area contributed by atoms with Crippen LogP contribution in [0.3, 0.4) is 0 Å². The average Bonchev–Trinajstić information content (AvgIpc) is 2.39. The zero-order valence-electron chi connectivity index (χ0n) is 9.37. The minimum absolute atomic E-state index is 0.0673. The molecule has 0 unspecified atom stereocenters. The van der Waals surface area contributed by atoms with Crippen LogP contribution in [0.15, 0.2) is 42.5 Å². The lowest BCUT2D eigenvalue weighted by atomic mass is 9.78. The molecule has 0 spiro atoms. The van der Waals surface area contributed by atoms with Gasteiger partial charge in [-0.2, -0.15) is 0 Å². The highest BCUT2D eigenvalue weighted by Crippen LogP contribution is 2.28. The summed E-state index contributed by atoms with van der Waals surface area (Å²) < 4.78 is 0. The smallest absolute Gasteiger partial charge is 0.307 e. The zero-order chi connectivity index (χ0) is 12.3. The third kappa shape index (κ3) is 2.44. The number of carbonyl (C=O) groups excluding carboxylic acids is 1. The first kappa shape index (κ1) is 11.6. The Kier molecular flexibility index (Phi) is 3.38. The van der Waals surface area contributed by atoms with Crippen molar-refractivity contribution in [3.8, 4) is 0 Å². The molecule has 1 N–H and O–H groups in total. The maximum atomic E-state index is 12.2. The van der Waals surface area contributed by atoms with E-state index < -0.39 is 17.8 Å². The van der Waals surface area contributed by atoms with E-state index in [9.17, 15) is 9.59 Å². The molecule has 88 valence electrons. The Balaban J connectivity index is 2.24. The summed E-state index contributed by atoms with van der Waals surface area (Å²) in [7, 11) is 0. The molecule has 0 aliphatic heterocycles. The van der Waals surface area contributed by atoms with Crippen LogP contribution in [0, 0.1) is 11.8 Å². The quantitative estimate of drug-likeness (QED) is 0.641. The number of carbonyl (C=O) groups is 2. The minimum Gasteiger partial charge on any atom is -0.481 e. The Bertz CT molecular complexity index is 448. The summed E-state index contributed by atoms with van der Waals surface area (Å²) >= 11 is 0. The molecule has 0 saturated heterocycles. The van der Waals surface area contributed by atoms with Gasteiger partial charge in [0.2, 0.25) is 0 Å². The van der Waals surface area contributed by atoms with E-state index in [0.29, 0.717) is 18.4 Å². The summed E-state index contributed by atoms with van der Waals surface area (Å²) in [4.78, 5) is 23.3. The van der Waals surface area contributed by atoms with Gasteiger partial charge in [-0.05, 0) is 12.8 Å². The maximum Gasteiger partial charge on any atom is 0.307 e. The molecule has 3 nitrogen and oxygen atoms in total. The summed E-state index contributed by atoms with van der Waals surface area (Å²) in [5.74, 6) is -1.97. The molecular formula is C14H14O3. The predicted octanol–water partition coefficient (Wildman–Crippen LogP) is 2.54. The maximum absolute atomic E-state index is 12.2. The van der Waals surface area contributed by atoms with E-state index in [2.05, 4.69) is 0 Å². The van der Waals surface area contributed by atoms with Crippen molar-refractivity contribution in [1.29, 1.82) is 0 Å². The van der Waals surface area contributed by atoms with Gasteiger partial charge in [0, 0.05) is 11.5 Å². The SMILES string of the molecule is O=C(O)[C@H]1CC=CC[C@@H]1C(=O)c1ccccc1. The van der Waals surface area contributed by atoms with Crippen LogP contribution in [-0.2, 0) is 4.79 Å². The van der Waals surface area contributed by atoms with Gasteiger partial charge in [0.25, 0.3) is 0 Å². The summed E-state index contributed by atoms with van der Waals surface area (Å²) in [5, 5.41) is 9.12. The van der Waals surface area contributed by atoms with Crippen LogP contribution < -0.4 is 0 Å². The van der Waals surface area contributed by atoms with Crippen molar-refractivity contribution >= 4 is 11.8 Å². The summed E-state index contributed by atoms with van der Waals surface area (Å²) in [6.07, 6.45) is 4.70. The lowest BCUT2D eigenvalue weighted by Gasteiger charge is -2.23. The number of carboxylic acid groups (broad SMARTS) is 1. The fourth-order valence-electron chi connectivity index (χ4n) is 2.19. The van der Waals surface area contributed by atoms with Gasteiger partial charge in [0.05, 0.1) is 5.92 Å². The molecule has 1 aromatic carbocycles. The first-order valence-electron chi connectivity index (χ1n) is 5.67. The molecule has 0 fully saturated rings.